The molecule has 0 amide bonds. The summed E-state index contributed by atoms with van der Waals surface area (Å²) in [6.07, 6.45) is 1.58. The van der Waals surface area contributed by atoms with Gasteiger partial charge in [-0.2, -0.15) is 0 Å². The van der Waals surface area contributed by atoms with E-state index in [1.54, 1.807) is 18.3 Å². The molecule has 0 spiro atoms. The second-order valence-electron chi connectivity index (χ2n) is 4.57. The van der Waals surface area contributed by atoms with Gasteiger partial charge in [0.1, 0.15) is 5.82 Å². The first-order valence-electron chi connectivity index (χ1n) is 6.57. The second-order valence-corrected chi connectivity index (χ2v) is 4.57. The molecule has 4 heteroatoms. The van der Waals surface area contributed by atoms with Crippen molar-refractivity contribution in [2.45, 2.75) is 0 Å². The molecule has 0 aliphatic rings. The SMILES string of the molecule is COC(=O)c1ccnc(Nc2cccc3ccccc23)c1. The summed E-state index contributed by atoms with van der Waals surface area (Å²) in [5.74, 6) is 0.229. The van der Waals surface area contributed by atoms with Crippen LogP contribution < -0.4 is 5.32 Å². The van der Waals surface area contributed by atoms with Gasteiger partial charge in [-0.1, -0.05) is 36.4 Å². The Bertz CT molecular complexity index is 794. The van der Waals surface area contributed by atoms with Crippen LogP contribution in [0, 0.1) is 0 Å². The van der Waals surface area contributed by atoms with Gasteiger partial charge in [0.15, 0.2) is 0 Å². The zero-order valence-electron chi connectivity index (χ0n) is 11.5. The largest absolute Gasteiger partial charge is 0.465 e. The highest BCUT2D eigenvalue weighted by Gasteiger charge is 2.07. The third-order valence-corrected chi connectivity index (χ3v) is 3.23. The fraction of sp³-hybridized carbons (Fsp3) is 0.0588. The van der Waals surface area contributed by atoms with Gasteiger partial charge in [0.2, 0.25) is 0 Å². The van der Waals surface area contributed by atoms with Gasteiger partial charge in [-0.3, -0.25) is 0 Å². The number of methoxy groups -OCH3 is 1. The minimum Gasteiger partial charge on any atom is -0.465 e. The van der Waals surface area contributed by atoms with E-state index in [0.717, 1.165) is 16.5 Å². The van der Waals surface area contributed by atoms with E-state index in [-0.39, 0.29) is 5.97 Å². The van der Waals surface area contributed by atoms with Crippen LogP contribution in [0.3, 0.4) is 0 Å². The number of hydrogen-bond donors (Lipinski definition) is 1. The van der Waals surface area contributed by atoms with Crippen molar-refractivity contribution in [1.82, 2.24) is 4.98 Å². The van der Waals surface area contributed by atoms with E-state index in [0.29, 0.717) is 11.4 Å². The molecule has 4 nitrogen and oxygen atoms in total. The van der Waals surface area contributed by atoms with Crippen molar-refractivity contribution in [3.8, 4) is 0 Å². The Morgan fingerprint density at radius 1 is 1.10 bits per heavy atom. The minimum atomic E-state index is -0.377. The zero-order valence-corrected chi connectivity index (χ0v) is 11.5. The topological polar surface area (TPSA) is 51.2 Å². The maximum Gasteiger partial charge on any atom is 0.338 e. The molecule has 0 atom stereocenters. The van der Waals surface area contributed by atoms with Gasteiger partial charge in [-0.05, 0) is 23.6 Å². The lowest BCUT2D eigenvalue weighted by atomic mass is 10.1. The van der Waals surface area contributed by atoms with Crippen molar-refractivity contribution in [2.24, 2.45) is 0 Å². The summed E-state index contributed by atoms with van der Waals surface area (Å²) in [7, 11) is 1.36. The Morgan fingerprint density at radius 2 is 1.90 bits per heavy atom. The third-order valence-electron chi connectivity index (χ3n) is 3.23. The van der Waals surface area contributed by atoms with Crippen LogP contribution in [-0.4, -0.2) is 18.1 Å². The van der Waals surface area contributed by atoms with Crippen LogP contribution in [-0.2, 0) is 4.74 Å². The average molecular weight is 278 g/mol. The van der Waals surface area contributed by atoms with E-state index in [2.05, 4.69) is 22.4 Å². The molecule has 3 aromatic rings. The van der Waals surface area contributed by atoms with Gasteiger partial charge in [0, 0.05) is 17.3 Å². The third kappa shape index (κ3) is 2.69. The van der Waals surface area contributed by atoms with Gasteiger partial charge >= 0.3 is 5.97 Å². The molecule has 21 heavy (non-hydrogen) atoms. The first kappa shape index (κ1) is 13.1. The molecule has 1 N–H and O–H groups in total. The van der Waals surface area contributed by atoms with E-state index in [4.69, 9.17) is 4.74 Å². The highest BCUT2D eigenvalue weighted by molar-refractivity contribution is 5.95. The van der Waals surface area contributed by atoms with Crippen LogP contribution in [0.1, 0.15) is 10.4 Å². The van der Waals surface area contributed by atoms with Crippen molar-refractivity contribution in [1.29, 1.82) is 0 Å². The van der Waals surface area contributed by atoms with E-state index >= 15 is 0 Å². The summed E-state index contributed by atoms with van der Waals surface area (Å²) in [5, 5.41) is 5.49. The van der Waals surface area contributed by atoms with Gasteiger partial charge < -0.3 is 10.1 Å². The summed E-state index contributed by atoms with van der Waals surface area (Å²) in [4.78, 5) is 15.8. The second kappa shape index (κ2) is 5.63. The fourth-order valence-corrected chi connectivity index (χ4v) is 2.22. The first-order chi connectivity index (χ1) is 10.3. The van der Waals surface area contributed by atoms with E-state index < -0.39 is 0 Å². The fourth-order valence-electron chi connectivity index (χ4n) is 2.22. The van der Waals surface area contributed by atoms with Crippen LogP contribution in [0.25, 0.3) is 10.8 Å². The molecule has 104 valence electrons. The molecule has 0 saturated heterocycles. The number of fused-ring (bicyclic) bond motifs is 1. The summed E-state index contributed by atoms with van der Waals surface area (Å²) in [6.45, 7) is 0. The van der Waals surface area contributed by atoms with Crippen LogP contribution in [0.4, 0.5) is 11.5 Å². The molecule has 1 heterocycles. The highest BCUT2D eigenvalue weighted by Crippen LogP contribution is 2.25. The first-order valence-corrected chi connectivity index (χ1v) is 6.57. The predicted molar refractivity (Wildman–Crippen MR) is 82.8 cm³/mol. The summed E-state index contributed by atoms with van der Waals surface area (Å²) < 4.78 is 4.72. The lowest BCUT2D eigenvalue weighted by Crippen LogP contribution is -2.03. The summed E-state index contributed by atoms with van der Waals surface area (Å²) in [5.41, 5.74) is 1.41. The highest BCUT2D eigenvalue weighted by atomic mass is 16.5. The van der Waals surface area contributed by atoms with Crippen molar-refractivity contribution in [3.63, 3.8) is 0 Å². The molecule has 0 bridgehead atoms. The van der Waals surface area contributed by atoms with Gasteiger partial charge in [0.05, 0.1) is 12.7 Å². The Hall–Kier alpha value is -2.88. The van der Waals surface area contributed by atoms with Crippen molar-refractivity contribution in [3.05, 3.63) is 66.4 Å². The van der Waals surface area contributed by atoms with Crippen molar-refractivity contribution < 1.29 is 9.53 Å². The number of pyridine rings is 1. The van der Waals surface area contributed by atoms with E-state index in [9.17, 15) is 4.79 Å². The number of rotatable bonds is 3. The lowest BCUT2D eigenvalue weighted by molar-refractivity contribution is 0.0600. The molecule has 0 saturated carbocycles. The molecular formula is C17H14N2O2. The number of hydrogen-bond acceptors (Lipinski definition) is 4. The molecule has 0 aliphatic carbocycles. The molecule has 0 radical (unpaired) electrons. The molecular weight excluding hydrogens is 264 g/mol. The monoisotopic (exact) mass is 278 g/mol. The molecule has 1 aromatic heterocycles. The Morgan fingerprint density at radius 3 is 2.76 bits per heavy atom. The van der Waals surface area contributed by atoms with E-state index in [1.165, 1.54) is 7.11 Å². The van der Waals surface area contributed by atoms with Gasteiger partial charge in [-0.15, -0.1) is 0 Å². The number of esters is 1. The molecule has 0 aliphatic heterocycles. The number of aromatic nitrogens is 1. The van der Waals surface area contributed by atoms with Crippen molar-refractivity contribution in [2.75, 3.05) is 12.4 Å². The van der Waals surface area contributed by atoms with E-state index in [1.807, 2.05) is 30.3 Å². The van der Waals surface area contributed by atoms with Crippen molar-refractivity contribution >= 4 is 28.2 Å². The van der Waals surface area contributed by atoms with Gasteiger partial charge in [-0.25, -0.2) is 9.78 Å². The number of benzene rings is 2. The maximum atomic E-state index is 11.6. The lowest BCUT2D eigenvalue weighted by Gasteiger charge is -2.09. The Labute approximate surface area is 122 Å². The smallest absolute Gasteiger partial charge is 0.338 e. The molecule has 3 rings (SSSR count). The Balaban J connectivity index is 1.97. The van der Waals surface area contributed by atoms with Gasteiger partial charge in [0.25, 0.3) is 0 Å². The molecule has 0 fully saturated rings. The number of carbonyl (C=O) groups excluding carboxylic acids is 1. The summed E-state index contributed by atoms with van der Waals surface area (Å²) >= 11 is 0. The van der Waals surface area contributed by atoms with Crippen LogP contribution in [0.5, 0.6) is 0 Å². The average Bonchev–Trinajstić information content (AvgIpc) is 2.55. The number of anilines is 2. The number of ether oxygens (including phenoxy) is 1. The quantitative estimate of drug-likeness (QED) is 0.741. The van der Waals surface area contributed by atoms with Crippen LogP contribution in [0.15, 0.2) is 60.8 Å². The predicted octanol–water partition coefficient (Wildman–Crippen LogP) is 3.77. The standard InChI is InChI=1S/C17H14N2O2/c1-21-17(20)13-9-10-18-16(11-13)19-15-8-4-6-12-5-2-3-7-14(12)15/h2-11H,1H3,(H,18,19). The zero-order chi connectivity index (χ0) is 14.7. The normalized spacial score (nSPS) is 10.3. The summed E-state index contributed by atoms with van der Waals surface area (Å²) in [6, 6.07) is 17.4. The van der Waals surface area contributed by atoms with Crippen LogP contribution >= 0.6 is 0 Å². The number of carbonyl (C=O) groups is 1. The number of nitrogens with zero attached hydrogens (tertiary/aromatic N) is 1. The molecule has 0 unspecified atom stereocenters. The molecule has 2 aromatic carbocycles. The maximum absolute atomic E-state index is 11.6. The Kier molecular flexibility index (Phi) is 3.51. The number of nitrogens with one attached hydrogen (secondary N) is 1. The van der Waals surface area contributed by atoms with Crippen LogP contribution in [0.2, 0.25) is 0 Å². The minimum absolute atomic E-state index is 0.377.